The molecular weight excluding hydrogens is 464 g/mol. The number of rotatable bonds is 6. The van der Waals surface area contributed by atoms with Gasteiger partial charge in [-0.3, -0.25) is 14.9 Å². The third kappa shape index (κ3) is 4.48. The molecule has 1 unspecified atom stereocenters. The zero-order valence-corrected chi connectivity index (χ0v) is 20.1. The Morgan fingerprint density at radius 2 is 1.86 bits per heavy atom. The highest BCUT2D eigenvalue weighted by Crippen LogP contribution is 2.32. The van der Waals surface area contributed by atoms with Crippen LogP contribution in [0.2, 0.25) is 0 Å². The van der Waals surface area contributed by atoms with Crippen LogP contribution >= 0.6 is 11.3 Å². The minimum Gasteiger partial charge on any atom is -0.497 e. The summed E-state index contributed by atoms with van der Waals surface area (Å²) < 4.78 is 18.2. The number of nitrogens with zero attached hydrogens (tertiary/aromatic N) is 1. The summed E-state index contributed by atoms with van der Waals surface area (Å²) in [6, 6.07) is 20.0. The zero-order chi connectivity index (χ0) is 24.5. The first-order valence-electron chi connectivity index (χ1n) is 11.0. The molecule has 0 spiro atoms. The number of hydrogen-bond donors (Lipinski definition) is 1. The van der Waals surface area contributed by atoms with Crippen molar-refractivity contribution in [2.75, 3.05) is 12.4 Å². The Morgan fingerprint density at radius 3 is 2.63 bits per heavy atom. The number of aryl methyl sites for hydroxylation is 1. The highest BCUT2D eigenvalue weighted by atomic mass is 32.1. The maximum Gasteiger partial charge on any atom is 0.266 e. The molecule has 0 aliphatic carbocycles. The van der Waals surface area contributed by atoms with Gasteiger partial charge in [-0.2, -0.15) is 0 Å². The van der Waals surface area contributed by atoms with Crippen LogP contribution in [-0.4, -0.2) is 24.1 Å². The lowest BCUT2D eigenvalue weighted by molar-refractivity contribution is -0.122. The van der Waals surface area contributed by atoms with E-state index in [0.29, 0.717) is 27.4 Å². The van der Waals surface area contributed by atoms with E-state index in [1.807, 2.05) is 49.4 Å². The number of nitrogens with one attached hydrogen (secondary N) is 1. The van der Waals surface area contributed by atoms with E-state index in [-0.39, 0.29) is 16.9 Å². The number of aromatic nitrogens is 1. The number of ether oxygens (including phenoxy) is 2. The van der Waals surface area contributed by atoms with Crippen LogP contribution in [0.5, 0.6) is 11.5 Å². The van der Waals surface area contributed by atoms with Crippen molar-refractivity contribution in [3.63, 3.8) is 0 Å². The lowest BCUT2D eigenvalue weighted by atomic mass is 10.1. The minimum atomic E-state index is -0.982. The second-order valence-electron chi connectivity index (χ2n) is 8.05. The summed E-state index contributed by atoms with van der Waals surface area (Å²) in [5.41, 5.74) is 2.61. The number of hydrogen-bond acceptors (Lipinski definition) is 7. The summed E-state index contributed by atoms with van der Waals surface area (Å²) in [6.45, 7) is 3.56. The number of para-hydroxylation sites is 1. The average Bonchev–Trinajstić information content (AvgIpc) is 3.27. The molecule has 2 heterocycles. The zero-order valence-electron chi connectivity index (χ0n) is 19.3. The topological polar surface area (TPSA) is 90.7 Å². The van der Waals surface area contributed by atoms with Crippen molar-refractivity contribution in [3.05, 3.63) is 82.5 Å². The number of anilines is 1. The summed E-state index contributed by atoms with van der Waals surface area (Å²) in [5.74, 6) is 0.547. The molecule has 5 rings (SSSR count). The largest absolute Gasteiger partial charge is 0.497 e. The van der Waals surface area contributed by atoms with Gasteiger partial charge in [-0.15, -0.1) is 0 Å². The summed E-state index contributed by atoms with van der Waals surface area (Å²) >= 11 is 1.33. The number of carbonyl (C=O) groups is 1. The van der Waals surface area contributed by atoms with E-state index in [1.54, 1.807) is 38.3 Å². The molecule has 0 aliphatic heterocycles. The minimum absolute atomic E-state index is 0.00996. The number of thiazole rings is 1. The molecule has 1 N–H and O–H groups in total. The van der Waals surface area contributed by atoms with Gasteiger partial charge in [0.05, 0.1) is 22.7 Å². The first-order chi connectivity index (χ1) is 16.9. The Morgan fingerprint density at radius 1 is 1.09 bits per heavy atom. The lowest BCUT2D eigenvalue weighted by Crippen LogP contribution is -2.31. The highest BCUT2D eigenvalue weighted by Gasteiger charge is 2.23. The molecule has 0 fully saturated rings. The molecule has 0 bridgehead atoms. The molecule has 2 aromatic heterocycles. The normalized spacial score (nSPS) is 12.0. The Hall–Kier alpha value is -4.17. The first-order valence-corrected chi connectivity index (χ1v) is 11.8. The third-order valence-corrected chi connectivity index (χ3v) is 6.49. The predicted octanol–water partition coefficient (Wildman–Crippen LogP) is 5.79. The molecule has 1 amide bonds. The molecule has 0 saturated carbocycles. The van der Waals surface area contributed by atoms with E-state index in [4.69, 9.17) is 13.9 Å². The Balaban J connectivity index is 1.46. The number of benzene rings is 3. The lowest BCUT2D eigenvalue weighted by Gasteiger charge is -2.16. The summed E-state index contributed by atoms with van der Waals surface area (Å²) in [6.07, 6.45) is -0.982. The first kappa shape index (κ1) is 22.6. The second-order valence-corrected chi connectivity index (χ2v) is 9.08. The molecule has 7 nitrogen and oxygen atoms in total. The maximum absolute atomic E-state index is 13.3. The van der Waals surface area contributed by atoms with Crippen LogP contribution in [0.4, 0.5) is 5.13 Å². The van der Waals surface area contributed by atoms with Crippen LogP contribution in [-0.2, 0) is 4.79 Å². The van der Waals surface area contributed by atoms with Crippen LogP contribution < -0.4 is 20.2 Å². The predicted molar refractivity (Wildman–Crippen MR) is 138 cm³/mol. The van der Waals surface area contributed by atoms with Crippen molar-refractivity contribution < 1.29 is 18.7 Å². The molecule has 3 aromatic carbocycles. The van der Waals surface area contributed by atoms with Gasteiger partial charge in [-0.1, -0.05) is 53.3 Å². The average molecular weight is 487 g/mol. The van der Waals surface area contributed by atoms with Crippen LogP contribution in [0, 0.1) is 6.92 Å². The molecule has 176 valence electrons. The van der Waals surface area contributed by atoms with Crippen LogP contribution in [0.1, 0.15) is 12.5 Å². The van der Waals surface area contributed by atoms with Crippen molar-refractivity contribution >= 4 is 43.6 Å². The van der Waals surface area contributed by atoms with E-state index in [2.05, 4.69) is 10.3 Å². The standard InChI is InChI=1S/C27H22N2O5S/c1-15-8-10-17(11-9-15)24-25(23(30)19-6-4-5-7-21(19)34-24)33-16(2)26(31)29-27-28-20-13-12-18(32-3)14-22(20)35-27/h4-14,16H,1-3H3,(H,28,29,31). The van der Waals surface area contributed by atoms with E-state index in [0.717, 1.165) is 15.8 Å². The van der Waals surface area contributed by atoms with Gasteiger partial charge < -0.3 is 13.9 Å². The van der Waals surface area contributed by atoms with Crippen LogP contribution in [0.15, 0.2) is 75.9 Å². The molecule has 1 atom stereocenters. The number of amides is 1. The quantitative estimate of drug-likeness (QED) is 0.327. The number of carbonyl (C=O) groups excluding carboxylic acids is 1. The van der Waals surface area contributed by atoms with E-state index in [1.165, 1.54) is 11.3 Å². The van der Waals surface area contributed by atoms with Gasteiger partial charge in [0.1, 0.15) is 11.3 Å². The number of methoxy groups -OCH3 is 1. The highest BCUT2D eigenvalue weighted by molar-refractivity contribution is 7.22. The maximum atomic E-state index is 13.3. The Labute approximate surface area is 204 Å². The van der Waals surface area contributed by atoms with Gasteiger partial charge in [-0.25, -0.2) is 4.98 Å². The monoisotopic (exact) mass is 486 g/mol. The fraction of sp³-hybridized carbons (Fsp3) is 0.148. The Bertz CT molecular complexity index is 1600. The molecule has 35 heavy (non-hydrogen) atoms. The molecule has 5 aromatic rings. The molecular formula is C27H22N2O5S. The third-order valence-electron chi connectivity index (χ3n) is 5.56. The van der Waals surface area contributed by atoms with Crippen molar-refractivity contribution in [3.8, 4) is 22.8 Å². The van der Waals surface area contributed by atoms with Gasteiger partial charge in [0.15, 0.2) is 17.0 Å². The van der Waals surface area contributed by atoms with Gasteiger partial charge in [0.25, 0.3) is 5.91 Å². The SMILES string of the molecule is COc1ccc2nc(NC(=O)C(C)Oc3c(-c4ccc(C)cc4)oc4ccccc4c3=O)sc2c1. The van der Waals surface area contributed by atoms with E-state index in [9.17, 15) is 9.59 Å². The summed E-state index contributed by atoms with van der Waals surface area (Å²) in [5, 5.41) is 3.59. The fourth-order valence-electron chi connectivity index (χ4n) is 3.65. The van der Waals surface area contributed by atoms with Gasteiger partial charge in [0.2, 0.25) is 11.2 Å². The fourth-order valence-corrected chi connectivity index (χ4v) is 4.55. The van der Waals surface area contributed by atoms with Crippen LogP contribution in [0.3, 0.4) is 0 Å². The smallest absolute Gasteiger partial charge is 0.266 e. The summed E-state index contributed by atoms with van der Waals surface area (Å²) in [4.78, 5) is 30.7. The summed E-state index contributed by atoms with van der Waals surface area (Å²) in [7, 11) is 1.60. The van der Waals surface area contributed by atoms with Gasteiger partial charge in [-0.05, 0) is 44.2 Å². The number of fused-ring (bicyclic) bond motifs is 2. The van der Waals surface area contributed by atoms with Gasteiger partial charge >= 0.3 is 0 Å². The second kappa shape index (κ2) is 9.23. The molecule has 0 saturated heterocycles. The van der Waals surface area contributed by atoms with Crippen molar-refractivity contribution in [1.29, 1.82) is 0 Å². The van der Waals surface area contributed by atoms with Crippen molar-refractivity contribution in [2.24, 2.45) is 0 Å². The van der Waals surface area contributed by atoms with Crippen molar-refractivity contribution in [1.82, 2.24) is 4.98 Å². The van der Waals surface area contributed by atoms with E-state index >= 15 is 0 Å². The van der Waals surface area contributed by atoms with Crippen LogP contribution in [0.25, 0.3) is 32.5 Å². The molecule has 8 heteroatoms. The van der Waals surface area contributed by atoms with Crippen molar-refractivity contribution in [2.45, 2.75) is 20.0 Å². The Kier molecular flexibility index (Phi) is 5.96. The van der Waals surface area contributed by atoms with E-state index < -0.39 is 12.0 Å². The molecule has 0 aliphatic rings. The molecule has 0 radical (unpaired) electrons. The van der Waals surface area contributed by atoms with Gasteiger partial charge in [0, 0.05) is 5.56 Å².